The first-order valence-corrected chi connectivity index (χ1v) is 5.13. The average Bonchev–Trinajstić information content (AvgIpc) is 2.09. The molecule has 2 N–H and O–H groups in total. The molecule has 1 rings (SSSR count). The van der Waals surface area contributed by atoms with Gasteiger partial charge >= 0.3 is 0 Å². The number of ether oxygens (including phenoxy) is 2. The monoisotopic (exact) mass is 209 g/mol. The molecule has 0 saturated carbocycles. The van der Waals surface area contributed by atoms with Gasteiger partial charge in [-0.05, 0) is 39.8 Å². The lowest BCUT2D eigenvalue weighted by Crippen LogP contribution is -2.22. The first-order chi connectivity index (χ1) is 6.92. The third-order valence-corrected chi connectivity index (χ3v) is 1.71. The second-order valence-electron chi connectivity index (χ2n) is 4.35. The van der Waals surface area contributed by atoms with Crippen LogP contribution >= 0.6 is 0 Å². The van der Waals surface area contributed by atoms with Crippen LogP contribution in [0.1, 0.15) is 27.7 Å². The Kier molecular flexibility index (Phi) is 3.45. The minimum atomic E-state index is -0.209. The zero-order valence-corrected chi connectivity index (χ0v) is 9.83. The molecule has 3 heteroatoms. The van der Waals surface area contributed by atoms with Crippen molar-refractivity contribution in [3.63, 3.8) is 0 Å². The Morgan fingerprint density at radius 2 is 1.93 bits per heavy atom. The zero-order chi connectivity index (χ0) is 11.5. The SMILES string of the molecule is CCOc1cc(OC(C)(C)C)ccc1N. The van der Waals surface area contributed by atoms with E-state index in [1.54, 1.807) is 6.07 Å². The number of benzene rings is 1. The summed E-state index contributed by atoms with van der Waals surface area (Å²) in [5.41, 5.74) is 6.19. The number of nitrogen functional groups attached to an aromatic ring is 1. The van der Waals surface area contributed by atoms with Gasteiger partial charge in [-0.2, -0.15) is 0 Å². The number of rotatable bonds is 3. The third kappa shape index (κ3) is 3.70. The Morgan fingerprint density at radius 3 is 2.47 bits per heavy atom. The molecule has 0 heterocycles. The van der Waals surface area contributed by atoms with Crippen LogP contribution in [0.25, 0.3) is 0 Å². The molecule has 0 aliphatic rings. The molecule has 0 bridgehead atoms. The van der Waals surface area contributed by atoms with Gasteiger partial charge in [-0.25, -0.2) is 0 Å². The Bertz CT molecular complexity index is 329. The fourth-order valence-corrected chi connectivity index (χ4v) is 1.21. The minimum Gasteiger partial charge on any atom is -0.492 e. The Labute approximate surface area is 91.2 Å². The van der Waals surface area contributed by atoms with E-state index in [9.17, 15) is 0 Å². The van der Waals surface area contributed by atoms with Crippen LogP contribution in [-0.2, 0) is 0 Å². The standard InChI is InChI=1S/C12H19NO2/c1-5-14-11-8-9(6-7-10(11)13)15-12(2,3)4/h6-8H,5,13H2,1-4H3. The maximum Gasteiger partial charge on any atom is 0.145 e. The largest absolute Gasteiger partial charge is 0.492 e. The van der Waals surface area contributed by atoms with E-state index in [-0.39, 0.29) is 5.60 Å². The van der Waals surface area contributed by atoms with Crippen molar-refractivity contribution >= 4 is 5.69 Å². The summed E-state index contributed by atoms with van der Waals surface area (Å²) in [6, 6.07) is 5.47. The quantitative estimate of drug-likeness (QED) is 0.778. The second-order valence-corrected chi connectivity index (χ2v) is 4.35. The molecule has 15 heavy (non-hydrogen) atoms. The average molecular weight is 209 g/mol. The molecule has 0 unspecified atom stereocenters. The van der Waals surface area contributed by atoms with Crippen molar-refractivity contribution in [3.8, 4) is 11.5 Å². The van der Waals surface area contributed by atoms with E-state index in [0.717, 1.165) is 5.75 Å². The summed E-state index contributed by atoms with van der Waals surface area (Å²) in [5, 5.41) is 0. The van der Waals surface area contributed by atoms with Crippen LogP contribution in [0.3, 0.4) is 0 Å². The predicted octanol–water partition coefficient (Wildman–Crippen LogP) is 2.84. The fourth-order valence-electron chi connectivity index (χ4n) is 1.21. The fraction of sp³-hybridized carbons (Fsp3) is 0.500. The predicted molar refractivity (Wildman–Crippen MR) is 62.4 cm³/mol. The highest BCUT2D eigenvalue weighted by molar-refractivity contribution is 5.55. The summed E-state index contributed by atoms with van der Waals surface area (Å²) in [6.07, 6.45) is 0. The molecule has 0 radical (unpaired) electrons. The maximum absolute atomic E-state index is 5.76. The smallest absolute Gasteiger partial charge is 0.145 e. The summed E-state index contributed by atoms with van der Waals surface area (Å²) in [7, 11) is 0. The van der Waals surface area contributed by atoms with Crippen LogP contribution in [0, 0.1) is 0 Å². The molecule has 0 saturated heterocycles. The lowest BCUT2D eigenvalue weighted by molar-refractivity contribution is 0.130. The second kappa shape index (κ2) is 4.43. The van der Waals surface area contributed by atoms with Crippen LogP contribution < -0.4 is 15.2 Å². The van der Waals surface area contributed by atoms with E-state index in [0.29, 0.717) is 18.0 Å². The van der Waals surface area contributed by atoms with Gasteiger partial charge < -0.3 is 15.2 Å². The molecule has 3 nitrogen and oxygen atoms in total. The van der Waals surface area contributed by atoms with Crippen molar-refractivity contribution in [1.82, 2.24) is 0 Å². The van der Waals surface area contributed by atoms with E-state index in [2.05, 4.69) is 0 Å². The Balaban J connectivity index is 2.87. The van der Waals surface area contributed by atoms with Gasteiger partial charge in [-0.1, -0.05) is 0 Å². The highest BCUT2D eigenvalue weighted by Gasteiger charge is 2.12. The molecule has 1 aromatic carbocycles. The topological polar surface area (TPSA) is 44.5 Å². The van der Waals surface area contributed by atoms with Gasteiger partial charge in [-0.15, -0.1) is 0 Å². The van der Waals surface area contributed by atoms with E-state index in [1.165, 1.54) is 0 Å². The van der Waals surface area contributed by atoms with Crippen LogP contribution in [0.5, 0.6) is 11.5 Å². The van der Waals surface area contributed by atoms with Gasteiger partial charge in [0.15, 0.2) is 0 Å². The molecule has 84 valence electrons. The van der Waals surface area contributed by atoms with E-state index in [1.807, 2.05) is 39.8 Å². The summed E-state index contributed by atoms with van der Waals surface area (Å²) < 4.78 is 11.1. The molecule has 0 aliphatic carbocycles. The van der Waals surface area contributed by atoms with Gasteiger partial charge in [0.1, 0.15) is 17.1 Å². The van der Waals surface area contributed by atoms with Crippen LogP contribution in [0.15, 0.2) is 18.2 Å². The van der Waals surface area contributed by atoms with E-state index in [4.69, 9.17) is 15.2 Å². The first kappa shape index (κ1) is 11.7. The molecule has 0 amide bonds. The molecule has 0 spiro atoms. The molecular formula is C12H19NO2. The molecule has 0 atom stereocenters. The molecule has 1 aromatic rings. The molecule has 0 aromatic heterocycles. The van der Waals surface area contributed by atoms with Gasteiger partial charge in [0.25, 0.3) is 0 Å². The zero-order valence-electron chi connectivity index (χ0n) is 9.83. The van der Waals surface area contributed by atoms with Crippen molar-refractivity contribution < 1.29 is 9.47 Å². The summed E-state index contributed by atoms with van der Waals surface area (Å²) >= 11 is 0. The number of anilines is 1. The summed E-state index contributed by atoms with van der Waals surface area (Å²) in [4.78, 5) is 0. The normalized spacial score (nSPS) is 11.2. The Hall–Kier alpha value is -1.38. The lowest BCUT2D eigenvalue weighted by Gasteiger charge is -2.21. The summed E-state index contributed by atoms with van der Waals surface area (Å²) in [6.45, 7) is 8.54. The van der Waals surface area contributed by atoms with Crippen LogP contribution in [0.4, 0.5) is 5.69 Å². The maximum atomic E-state index is 5.76. The number of nitrogens with two attached hydrogens (primary N) is 1. The van der Waals surface area contributed by atoms with Crippen molar-refractivity contribution in [2.24, 2.45) is 0 Å². The van der Waals surface area contributed by atoms with E-state index < -0.39 is 0 Å². The third-order valence-electron chi connectivity index (χ3n) is 1.71. The van der Waals surface area contributed by atoms with Crippen molar-refractivity contribution in [3.05, 3.63) is 18.2 Å². The van der Waals surface area contributed by atoms with Crippen LogP contribution in [0.2, 0.25) is 0 Å². The lowest BCUT2D eigenvalue weighted by atomic mass is 10.2. The van der Waals surface area contributed by atoms with E-state index >= 15 is 0 Å². The molecule has 0 aliphatic heterocycles. The summed E-state index contributed by atoms with van der Waals surface area (Å²) in [5.74, 6) is 1.46. The highest BCUT2D eigenvalue weighted by Crippen LogP contribution is 2.28. The Morgan fingerprint density at radius 1 is 1.27 bits per heavy atom. The molecule has 0 fully saturated rings. The number of hydrogen-bond donors (Lipinski definition) is 1. The first-order valence-electron chi connectivity index (χ1n) is 5.13. The minimum absolute atomic E-state index is 0.209. The van der Waals surface area contributed by atoms with Gasteiger partial charge in [0.05, 0.1) is 12.3 Å². The van der Waals surface area contributed by atoms with Gasteiger partial charge in [-0.3, -0.25) is 0 Å². The van der Waals surface area contributed by atoms with Crippen molar-refractivity contribution in [2.75, 3.05) is 12.3 Å². The van der Waals surface area contributed by atoms with Gasteiger partial charge in [0, 0.05) is 6.07 Å². The highest BCUT2D eigenvalue weighted by atomic mass is 16.5. The van der Waals surface area contributed by atoms with Crippen LogP contribution in [-0.4, -0.2) is 12.2 Å². The van der Waals surface area contributed by atoms with Crippen molar-refractivity contribution in [2.45, 2.75) is 33.3 Å². The molecular weight excluding hydrogens is 190 g/mol. The van der Waals surface area contributed by atoms with Crippen molar-refractivity contribution in [1.29, 1.82) is 0 Å². The van der Waals surface area contributed by atoms with Gasteiger partial charge in [0.2, 0.25) is 0 Å². The number of hydrogen-bond acceptors (Lipinski definition) is 3.